The summed E-state index contributed by atoms with van der Waals surface area (Å²) < 4.78 is 0. The van der Waals surface area contributed by atoms with E-state index in [-0.39, 0.29) is 0 Å². The minimum atomic E-state index is 1.21. The molecule has 0 saturated carbocycles. The molecule has 0 spiro atoms. The number of benzene rings is 2. The van der Waals surface area contributed by atoms with Gasteiger partial charge in [-0.05, 0) is 54.2 Å². The van der Waals surface area contributed by atoms with Crippen LogP contribution in [0.4, 0.5) is 0 Å². The number of hydrogen-bond donors (Lipinski definition) is 0. The van der Waals surface area contributed by atoms with E-state index >= 15 is 0 Å². The van der Waals surface area contributed by atoms with E-state index in [4.69, 9.17) is 0 Å². The average molecular weight is 212 g/mol. The Morgan fingerprint density at radius 1 is 0.875 bits per heavy atom. The quantitative estimate of drug-likeness (QED) is 0.685. The molecule has 0 aromatic heterocycles. The van der Waals surface area contributed by atoms with Crippen molar-refractivity contribution in [3.05, 3.63) is 47.0 Å². The van der Waals surface area contributed by atoms with Crippen LogP contribution in [0.1, 0.15) is 36.5 Å². The molecular weight excluding hydrogens is 192 g/mol. The monoisotopic (exact) mass is 212 g/mol. The number of hydrogen-bond acceptors (Lipinski definition) is 0. The molecular formula is C16H20. The Morgan fingerprint density at radius 2 is 1.56 bits per heavy atom. The van der Waals surface area contributed by atoms with Gasteiger partial charge in [0.15, 0.2) is 0 Å². The van der Waals surface area contributed by atoms with Crippen LogP contribution in [-0.2, 0) is 6.42 Å². The van der Waals surface area contributed by atoms with Crippen molar-refractivity contribution in [1.29, 1.82) is 0 Å². The molecule has 0 unspecified atom stereocenters. The molecule has 0 nitrogen and oxygen atoms in total. The maximum absolute atomic E-state index is 2.34. The SMILES string of the molecule is CCCCc1ccc2cc(C)c(C)cc2c1. The standard InChI is InChI=1S/C16H20/c1-4-5-6-14-7-8-15-9-12(2)13(3)10-16(15)11-14/h7-11H,4-6H2,1-3H3. The molecule has 0 saturated heterocycles. The lowest BCUT2D eigenvalue weighted by molar-refractivity contribution is 0.796. The van der Waals surface area contributed by atoms with Crippen LogP contribution in [-0.4, -0.2) is 0 Å². The second-order valence-corrected chi connectivity index (χ2v) is 4.72. The van der Waals surface area contributed by atoms with Crippen molar-refractivity contribution in [2.75, 3.05) is 0 Å². The van der Waals surface area contributed by atoms with Crippen LogP contribution in [0.3, 0.4) is 0 Å². The maximum Gasteiger partial charge on any atom is -0.0178 e. The molecule has 0 radical (unpaired) electrons. The molecule has 0 aliphatic rings. The van der Waals surface area contributed by atoms with Crippen LogP contribution in [0.5, 0.6) is 0 Å². The summed E-state index contributed by atoms with van der Waals surface area (Å²) in [5.41, 5.74) is 4.24. The van der Waals surface area contributed by atoms with Crippen LogP contribution >= 0.6 is 0 Å². The third kappa shape index (κ3) is 2.27. The van der Waals surface area contributed by atoms with Gasteiger partial charge in [0.25, 0.3) is 0 Å². The molecule has 0 bridgehead atoms. The first-order valence-electron chi connectivity index (χ1n) is 6.20. The van der Waals surface area contributed by atoms with Crippen molar-refractivity contribution in [2.24, 2.45) is 0 Å². The van der Waals surface area contributed by atoms with Crippen molar-refractivity contribution in [3.63, 3.8) is 0 Å². The Balaban J connectivity index is 2.41. The van der Waals surface area contributed by atoms with E-state index in [1.165, 1.54) is 46.7 Å². The summed E-state index contributed by atoms with van der Waals surface area (Å²) in [7, 11) is 0. The van der Waals surface area contributed by atoms with E-state index in [0.717, 1.165) is 0 Å². The predicted octanol–water partition coefficient (Wildman–Crippen LogP) is 4.80. The van der Waals surface area contributed by atoms with Crippen molar-refractivity contribution in [3.8, 4) is 0 Å². The van der Waals surface area contributed by atoms with E-state index in [0.29, 0.717) is 0 Å². The fourth-order valence-corrected chi connectivity index (χ4v) is 2.11. The summed E-state index contributed by atoms with van der Waals surface area (Å²) >= 11 is 0. The second kappa shape index (κ2) is 4.69. The zero-order valence-corrected chi connectivity index (χ0v) is 10.5. The van der Waals surface area contributed by atoms with Gasteiger partial charge in [-0.25, -0.2) is 0 Å². The molecule has 0 aliphatic heterocycles. The molecule has 2 aromatic rings. The lowest BCUT2D eigenvalue weighted by Gasteiger charge is -2.06. The van der Waals surface area contributed by atoms with Crippen LogP contribution in [0, 0.1) is 13.8 Å². The third-order valence-corrected chi connectivity index (χ3v) is 3.34. The molecule has 0 aliphatic carbocycles. The van der Waals surface area contributed by atoms with Crippen molar-refractivity contribution >= 4 is 10.8 Å². The second-order valence-electron chi connectivity index (χ2n) is 4.72. The highest BCUT2D eigenvalue weighted by atomic mass is 14.0. The van der Waals surface area contributed by atoms with Gasteiger partial charge in [0, 0.05) is 0 Å². The first kappa shape index (κ1) is 11.2. The van der Waals surface area contributed by atoms with Crippen LogP contribution < -0.4 is 0 Å². The lowest BCUT2D eigenvalue weighted by atomic mass is 9.99. The largest absolute Gasteiger partial charge is 0.0654 e. The molecule has 2 rings (SSSR count). The molecule has 0 atom stereocenters. The zero-order chi connectivity index (χ0) is 11.5. The molecule has 84 valence electrons. The van der Waals surface area contributed by atoms with Crippen molar-refractivity contribution in [1.82, 2.24) is 0 Å². The Labute approximate surface area is 98.3 Å². The molecule has 2 aromatic carbocycles. The van der Waals surface area contributed by atoms with Gasteiger partial charge in [-0.1, -0.05) is 43.7 Å². The van der Waals surface area contributed by atoms with E-state index in [2.05, 4.69) is 51.1 Å². The molecule has 0 fully saturated rings. The Morgan fingerprint density at radius 3 is 2.25 bits per heavy atom. The van der Waals surface area contributed by atoms with Crippen LogP contribution in [0.2, 0.25) is 0 Å². The zero-order valence-electron chi connectivity index (χ0n) is 10.5. The first-order chi connectivity index (χ1) is 7.70. The van der Waals surface area contributed by atoms with Gasteiger partial charge in [-0.15, -0.1) is 0 Å². The van der Waals surface area contributed by atoms with Crippen LogP contribution in [0.15, 0.2) is 30.3 Å². The van der Waals surface area contributed by atoms with Gasteiger partial charge in [0.1, 0.15) is 0 Å². The first-order valence-corrected chi connectivity index (χ1v) is 6.20. The predicted molar refractivity (Wildman–Crippen MR) is 72.0 cm³/mol. The van der Waals surface area contributed by atoms with Gasteiger partial charge >= 0.3 is 0 Å². The van der Waals surface area contributed by atoms with E-state index in [1.807, 2.05) is 0 Å². The number of fused-ring (bicyclic) bond motifs is 1. The summed E-state index contributed by atoms with van der Waals surface area (Å²) in [5.74, 6) is 0. The Hall–Kier alpha value is -1.30. The third-order valence-electron chi connectivity index (χ3n) is 3.34. The highest BCUT2D eigenvalue weighted by Crippen LogP contribution is 2.21. The number of aryl methyl sites for hydroxylation is 3. The summed E-state index contributed by atoms with van der Waals surface area (Å²) in [6, 6.07) is 11.5. The number of unbranched alkanes of at least 4 members (excludes halogenated alkanes) is 1. The Bertz CT molecular complexity index is 495. The molecule has 0 N–H and O–H groups in total. The molecule has 0 heterocycles. The molecule has 0 heteroatoms. The van der Waals surface area contributed by atoms with Gasteiger partial charge in [-0.3, -0.25) is 0 Å². The van der Waals surface area contributed by atoms with Crippen molar-refractivity contribution < 1.29 is 0 Å². The lowest BCUT2D eigenvalue weighted by Crippen LogP contribution is -1.87. The topological polar surface area (TPSA) is 0 Å². The summed E-state index contributed by atoms with van der Waals surface area (Å²) in [6.45, 7) is 6.61. The van der Waals surface area contributed by atoms with Gasteiger partial charge < -0.3 is 0 Å². The fourth-order valence-electron chi connectivity index (χ4n) is 2.11. The minimum absolute atomic E-state index is 1.21. The molecule has 0 amide bonds. The number of rotatable bonds is 3. The van der Waals surface area contributed by atoms with Gasteiger partial charge in [0.2, 0.25) is 0 Å². The van der Waals surface area contributed by atoms with E-state index in [1.54, 1.807) is 0 Å². The van der Waals surface area contributed by atoms with E-state index < -0.39 is 0 Å². The smallest absolute Gasteiger partial charge is 0.0178 e. The normalized spacial score (nSPS) is 10.9. The fraction of sp³-hybridized carbons (Fsp3) is 0.375. The van der Waals surface area contributed by atoms with Crippen molar-refractivity contribution in [2.45, 2.75) is 40.0 Å². The average Bonchev–Trinajstić information content (AvgIpc) is 2.28. The van der Waals surface area contributed by atoms with E-state index in [9.17, 15) is 0 Å². The highest BCUT2D eigenvalue weighted by molar-refractivity contribution is 5.84. The summed E-state index contributed by atoms with van der Waals surface area (Å²) in [5, 5.41) is 2.75. The Kier molecular flexibility index (Phi) is 3.28. The maximum atomic E-state index is 2.34. The van der Waals surface area contributed by atoms with Crippen LogP contribution in [0.25, 0.3) is 10.8 Å². The molecule has 16 heavy (non-hydrogen) atoms. The minimum Gasteiger partial charge on any atom is -0.0654 e. The van der Waals surface area contributed by atoms with Gasteiger partial charge in [-0.2, -0.15) is 0 Å². The van der Waals surface area contributed by atoms with Gasteiger partial charge in [0.05, 0.1) is 0 Å². The highest BCUT2D eigenvalue weighted by Gasteiger charge is 1.99. The summed E-state index contributed by atoms with van der Waals surface area (Å²) in [4.78, 5) is 0. The summed E-state index contributed by atoms with van der Waals surface area (Å²) in [6.07, 6.45) is 3.76.